The summed E-state index contributed by atoms with van der Waals surface area (Å²) in [7, 11) is -2.99. The molecule has 0 N–H and O–H groups in total. The Labute approximate surface area is 159 Å². The van der Waals surface area contributed by atoms with Crippen molar-refractivity contribution in [2.75, 3.05) is 26.4 Å². The van der Waals surface area contributed by atoms with Crippen molar-refractivity contribution in [3.05, 3.63) is 0 Å². The molecule has 1 saturated heterocycles. The lowest BCUT2D eigenvalue weighted by atomic mass is 10.4. The van der Waals surface area contributed by atoms with E-state index in [1.165, 1.54) is 0 Å². The molecule has 0 amide bonds. The topological polar surface area (TPSA) is 64.6 Å². The van der Waals surface area contributed by atoms with Crippen molar-refractivity contribution in [1.82, 2.24) is 0 Å². The van der Waals surface area contributed by atoms with Crippen LogP contribution in [0.4, 0.5) is 0 Å². The van der Waals surface area contributed by atoms with Gasteiger partial charge < -0.3 is 27.5 Å². The predicted octanol–water partition coefficient (Wildman–Crippen LogP) is 3.62. The molecule has 4 unspecified atom stereocenters. The Kier molecular flexibility index (Phi) is 10.8. The number of ether oxygens (including phenoxy) is 4. The van der Waals surface area contributed by atoms with Crippen LogP contribution in [0.3, 0.4) is 0 Å². The molecule has 0 aliphatic carbocycles. The van der Waals surface area contributed by atoms with E-state index < -0.39 is 21.1 Å². The lowest BCUT2D eigenvalue weighted by molar-refractivity contribution is -0.389. The van der Waals surface area contributed by atoms with Gasteiger partial charge in [-0.2, -0.15) is 0 Å². The molecule has 1 rings (SSSR count). The number of rotatable bonds is 14. The second-order valence-corrected chi connectivity index (χ2v) is 8.88. The summed E-state index contributed by atoms with van der Waals surface area (Å²) >= 11 is 0. The van der Waals surface area contributed by atoms with Gasteiger partial charge in [0.25, 0.3) is 5.97 Å². The van der Waals surface area contributed by atoms with Crippen molar-refractivity contribution in [3.8, 4) is 0 Å². The minimum absolute atomic E-state index is 0.00170. The van der Waals surface area contributed by atoms with Crippen LogP contribution in [-0.4, -0.2) is 59.3 Å². The monoisotopic (exact) mass is 394 g/mol. The second-order valence-electron chi connectivity index (χ2n) is 6.17. The average Bonchev–Trinajstić information content (AvgIpc) is 3.00. The fraction of sp³-hybridized carbons (Fsp3) is 1.00. The highest BCUT2D eigenvalue weighted by molar-refractivity contribution is 6.62. The van der Waals surface area contributed by atoms with Gasteiger partial charge in [0.15, 0.2) is 6.29 Å². The molecule has 0 spiro atoms. The Morgan fingerprint density at radius 2 is 1.54 bits per heavy atom. The van der Waals surface area contributed by atoms with Gasteiger partial charge in [-0.25, -0.2) is 0 Å². The van der Waals surface area contributed by atoms with Crippen molar-refractivity contribution < 1.29 is 32.2 Å². The van der Waals surface area contributed by atoms with Gasteiger partial charge in [-0.1, -0.05) is 20.8 Å². The second kappa shape index (κ2) is 11.7. The summed E-state index contributed by atoms with van der Waals surface area (Å²) in [4.78, 5) is 0. The summed E-state index contributed by atoms with van der Waals surface area (Å²) in [5, 5.41) is 0. The Hall–Kier alpha value is -0.0631. The van der Waals surface area contributed by atoms with Gasteiger partial charge >= 0.3 is 8.80 Å². The van der Waals surface area contributed by atoms with Crippen LogP contribution < -0.4 is 0 Å². The maximum Gasteiger partial charge on any atom is 0.531 e. The maximum atomic E-state index is 6.30. The van der Waals surface area contributed by atoms with E-state index >= 15 is 0 Å². The van der Waals surface area contributed by atoms with Crippen molar-refractivity contribution in [2.45, 2.75) is 91.8 Å². The van der Waals surface area contributed by atoms with Gasteiger partial charge in [0.1, 0.15) is 5.73 Å². The van der Waals surface area contributed by atoms with E-state index in [4.69, 9.17) is 32.2 Å². The molecule has 0 aromatic rings. The Balaban J connectivity index is 2.91. The van der Waals surface area contributed by atoms with Crippen LogP contribution in [-0.2, 0) is 32.2 Å². The Morgan fingerprint density at radius 3 is 1.88 bits per heavy atom. The largest absolute Gasteiger partial charge is 0.531 e. The van der Waals surface area contributed by atoms with Crippen molar-refractivity contribution in [2.24, 2.45) is 0 Å². The fourth-order valence-corrected chi connectivity index (χ4v) is 5.81. The third-order valence-electron chi connectivity index (χ3n) is 4.11. The molecule has 1 aliphatic rings. The van der Waals surface area contributed by atoms with Gasteiger partial charge in [-0.05, 0) is 40.5 Å². The lowest BCUT2D eigenvalue weighted by Gasteiger charge is -2.38. The zero-order valence-electron chi connectivity index (χ0n) is 17.5. The SMILES string of the molecule is CCO[Si](OCC)(OCC)C(CC)OC(CC)OC1(CC)OCC(C)O1. The normalized spacial score (nSPS) is 26.2. The first-order chi connectivity index (χ1) is 12.4. The molecule has 4 atom stereocenters. The lowest BCUT2D eigenvalue weighted by Crippen LogP contribution is -2.58. The molecule has 0 aromatic carbocycles. The summed E-state index contributed by atoms with van der Waals surface area (Å²) in [6, 6.07) is 0. The summed E-state index contributed by atoms with van der Waals surface area (Å²) in [5.74, 6) is -1.05. The Morgan fingerprint density at radius 1 is 0.962 bits per heavy atom. The highest BCUT2D eigenvalue weighted by Gasteiger charge is 2.51. The van der Waals surface area contributed by atoms with E-state index in [-0.39, 0.29) is 11.8 Å². The number of hydrogen-bond donors (Lipinski definition) is 0. The Bertz CT molecular complexity index is 368. The molecule has 1 aliphatic heterocycles. The summed E-state index contributed by atoms with van der Waals surface area (Å²) in [6.07, 6.45) is 1.42. The fourth-order valence-electron chi connectivity index (χ4n) is 2.98. The molecule has 0 radical (unpaired) electrons. The third kappa shape index (κ3) is 6.24. The van der Waals surface area contributed by atoms with Crippen LogP contribution in [0.2, 0.25) is 0 Å². The van der Waals surface area contributed by atoms with Crippen molar-refractivity contribution in [3.63, 3.8) is 0 Å². The van der Waals surface area contributed by atoms with Gasteiger partial charge in [0.05, 0.1) is 12.7 Å². The molecule has 7 nitrogen and oxygen atoms in total. The maximum absolute atomic E-state index is 6.30. The molecule has 156 valence electrons. The van der Waals surface area contributed by atoms with Crippen LogP contribution in [0.5, 0.6) is 0 Å². The van der Waals surface area contributed by atoms with Crippen LogP contribution in [0.25, 0.3) is 0 Å². The molecule has 1 fully saturated rings. The smallest absolute Gasteiger partial charge is 0.372 e. The molecular weight excluding hydrogens is 356 g/mol. The standard InChI is InChI=1S/C18H38O7Si/c1-8-16(25-18(10-3)19-14-15(7)24-18)23-17(9-2)26(20-11-4,21-12-5)22-13-6/h15-17H,8-14H2,1-7H3. The van der Waals surface area contributed by atoms with Gasteiger partial charge in [-0.15, -0.1) is 0 Å². The molecule has 1 heterocycles. The summed E-state index contributed by atoms with van der Waals surface area (Å²) < 4.78 is 42.1. The molecule has 0 aromatic heterocycles. The van der Waals surface area contributed by atoms with Crippen LogP contribution in [0, 0.1) is 0 Å². The van der Waals surface area contributed by atoms with Crippen LogP contribution in [0.1, 0.15) is 67.7 Å². The van der Waals surface area contributed by atoms with Gasteiger partial charge in [0.2, 0.25) is 0 Å². The van der Waals surface area contributed by atoms with Crippen LogP contribution in [0.15, 0.2) is 0 Å². The third-order valence-corrected chi connectivity index (χ3v) is 7.52. The van der Waals surface area contributed by atoms with Crippen molar-refractivity contribution >= 4 is 8.80 Å². The molecular formula is C18H38O7Si. The minimum atomic E-state index is -2.99. The molecule has 26 heavy (non-hydrogen) atoms. The first-order valence-electron chi connectivity index (χ1n) is 10.0. The van der Waals surface area contributed by atoms with E-state index in [0.717, 1.165) is 0 Å². The van der Waals surface area contributed by atoms with E-state index in [9.17, 15) is 0 Å². The zero-order valence-corrected chi connectivity index (χ0v) is 18.5. The highest BCUT2D eigenvalue weighted by Crippen LogP contribution is 2.32. The first-order valence-corrected chi connectivity index (χ1v) is 11.8. The summed E-state index contributed by atoms with van der Waals surface area (Å²) in [5.41, 5.74) is -0.319. The van der Waals surface area contributed by atoms with E-state index in [0.29, 0.717) is 45.7 Å². The molecule has 0 bridgehead atoms. The first kappa shape index (κ1) is 24.0. The van der Waals surface area contributed by atoms with E-state index in [1.54, 1.807) is 0 Å². The van der Waals surface area contributed by atoms with Crippen LogP contribution >= 0.6 is 0 Å². The molecule has 0 saturated carbocycles. The van der Waals surface area contributed by atoms with Crippen molar-refractivity contribution in [1.29, 1.82) is 0 Å². The average molecular weight is 395 g/mol. The minimum Gasteiger partial charge on any atom is -0.372 e. The van der Waals surface area contributed by atoms with Gasteiger partial charge in [-0.3, -0.25) is 4.74 Å². The van der Waals surface area contributed by atoms with E-state index in [2.05, 4.69) is 0 Å². The number of hydrogen-bond acceptors (Lipinski definition) is 7. The predicted molar refractivity (Wildman–Crippen MR) is 100 cm³/mol. The van der Waals surface area contributed by atoms with Gasteiger partial charge in [0, 0.05) is 26.2 Å². The highest BCUT2D eigenvalue weighted by atomic mass is 28.4. The van der Waals surface area contributed by atoms with E-state index in [1.807, 2.05) is 48.5 Å². The summed E-state index contributed by atoms with van der Waals surface area (Å²) in [6.45, 7) is 15.8. The quantitative estimate of drug-likeness (QED) is 0.329. The zero-order chi connectivity index (χ0) is 19.6. The molecule has 8 heteroatoms.